The maximum atomic E-state index is 9.67. The number of phenolic OH excluding ortho intramolecular Hbond substituents is 1. The van der Waals surface area contributed by atoms with Crippen molar-refractivity contribution in [1.82, 2.24) is 0 Å². The highest BCUT2D eigenvalue weighted by Crippen LogP contribution is 2.29. The van der Waals surface area contributed by atoms with Gasteiger partial charge in [0.15, 0.2) is 0 Å². The Hall–Kier alpha value is -1.41. The van der Waals surface area contributed by atoms with Crippen molar-refractivity contribution in [2.45, 2.75) is 0 Å². The molecule has 0 aliphatic heterocycles. The summed E-state index contributed by atoms with van der Waals surface area (Å²) in [7, 11) is 0. The van der Waals surface area contributed by atoms with Crippen LogP contribution >= 0.6 is 11.6 Å². The molecule has 0 saturated carbocycles. The van der Waals surface area contributed by atoms with Gasteiger partial charge in [-0.3, -0.25) is 0 Å². The standard InChI is InChI=1S/C12H12ClNO/c13-7-8-14-11-5-1-4-10-9(11)3-2-6-12(10)15/h1-6,14-15H,7-8H2. The zero-order valence-electron chi connectivity index (χ0n) is 8.20. The van der Waals surface area contributed by atoms with Crippen LogP contribution in [-0.2, 0) is 0 Å². The summed E-state index contributed by atoms with van der Waals surface area (Å²) in [5.41, 5.74) is 1.00. The molecule has 0 aliphatic rings. The molecule has 0 aromatic heterocycles. The predicted octanol–water partition coefficient (Wildman–Crippen LogP) is 3.20. The van der Waals surface area contributed by atoms with Gasteiger partial charge in [0, 0.05) is 28.9 Å². The first-order chi connectivity index (χ1) is 7.33. The minimum atomic E-state index is 0.307. The lowest BCUT2D eigenvalue weighted by Gasteiger charge is -2.08. The Kier molecular flexibility index (Phi) is 2.97. The molecule has 0 unspecified atom stereocenters. The number of halogens is 1. The lowest BCUT2D eigenvalue weighted by molar-refractivity contribution is 0.481. The summed E-state index contributed by atoms with van der Waals surface area (Å²) in [5, 5.41) is 14.8. The molecule has 0 heterocycles. The van der Waals surface area contributed by atoms with E-state index in [9.17, 15) is 5.11 Å². The van der Waals surface area contributed by atoms with Gasteiger partial charge in [-0.15, -0.1) is 11.6 Å². The molecule has 2 rings (SSSR count). The van der Waals surface area contributed by atoms with E-state index in [0.29, 0.717) is 11.6 Å². The van der Waals surface area contributed by atoms with Gasteiger partial charge in [-0.2, -0.15) is 0 Å². The Labute approximate surface area is 93.5 Å². The maximum absolute atomic E-state index is 9.67. The van der Waals surface area contributed by atoms with Crippen LogP contribution in [-0.4, -0.2) is 17.5 Å². The van der Waals surface area contributed by atoms with Gasteiger partial charge in [0.2, 0.25) is 0 Å². The Morgan fingerprint density at radius 3 is 2.60 bits per heavy atom. The molecule has 78 valence electrons. The van der Waals surface area contributed by atoms with Gasteiger partial charge in [0.05, 0.1) is 0 Å². The van der Waals surface area contributed by atoms with Crippen LogP contribution in [0.5, 0.6) is 5.75 Å². The fourth-order valence-corrected chi connectivity index (χ4v) is 1.72. The van der Waals surface area contributed by atoms with Crippen LogP contribution in [0.25, 0.3) is 10.8 Å². The first kappa shape index (κ1) is 10.1. The number of hydrogen-bond donors (Lipinski definition) is 2. The molecule has 0 spiro atoms. The fraction of sp³-hybridized carbons (Fsp3) is 0.167. The average molecular weight is 222 g/mol. The second kappa shape index (κ2) is 4.41. The molecule has 0 atom stereocenters. The largest absolute Gasteiger partial charge is 0.507 e. The molecule has 0 radical (unpaired) electrons. The average Bonchev–Trinajstić information content (AvgIpc) is 2.27. The fourth-order valence-electron chi connectivity index (χ4n) is 1.63. The highest BCUT2D eigenvalue weighted by Gasteiger charge is 2.02. The molecule has 0 fully saturated rings. The summed E-state index contributed by atoms with van der Waals surface area (Å²) in [4.78, 5) is 0. The monoisotopic (exact) mass is 221 g/mol. The number of nitrogens with one attached hydrogen (secondary N) is 1. The lowest BCUT2D eigenvalue weighted by Crippen LogP contribution is -2.02. The van der Waals surface area contributed by atoms with Crippen molar-refractivity contribution >= 4 is 28.1 Å². The summed E-state index contributed by atoms with van der Waals surface area (Å²) in [6.45, 7) is 0.719. The summed E-state index contributed by atoms with van der Waals surface area (Å²) in [6, 6.07) is 11.3. The summed E-state index contributed by atoms with van der Waals surface area (Å²) >= 11 is 5.62. The summed E-state index contributed by atoms with van der Waals surface area (Å²) in [6.07, 6.45) is 0. The van der Waals surface area contributed by atoms with Crippen LogP contribution in [0, 0.1) is 0 Å². The van der Waals surface area contributed by atoms with Crippen molar-refractivity contribution in [1.29, 1.82) is 0 Å². The lowest BCUT2D eigenvalue weighted by atomic mass is 10.1. The molecule has 0 amide bonds. The van der Waals surface area contributed by atoms with E-state index in [1.807, 2.05) is 30.3 Å². The van der Waals surface area contributed by atoms with E-state index in [-0.39, 0.29) is 0 Å². The van der Waals surface area contributed by atoms with E-state index < -0.39 is 0 Å². The van der Waals surface area contributed by atoms with Gasteiger partial charge >= 0.3 is 0 Å². The van der Waals surface area contributed by atoms with Gasteiger partial charge in [0.1, 0.15) is 5.75 Å². The van der Waals surface area contributed by atoms with E-state index in [1.165, 1.54) is 0 Å². The van der Waals surface area contributed by atoms with Crippen molar-refractivity contribution < 1.29 is 5.11 Å². The third-order valence-corrected chi connectivity index (χ3v) is 2.50. The zero-order chi connectivity index (χ0) is 10.7. The molecule has 2 N–H and O–H groups in total. The van der Waals surface area contributed by atoms with E-state index in [2.05, 4.69) is 5.32 Å². The van der Waals surface area contributed by atoms with Crippen LogP contribution < -0.4 is 5.32 Å². The van der Waals surface area contributed by atoms with E-state index in [4.69, 9.17) is 11.6 Å². The number of hydrogen-bond acceptors (Lipinski definition) is 2. The molecule has 2 nitrogen and oxygen atoms in total. The highest BCUT2D eigenvalue weighted by atomic mass is 35.5. The molecule has 0 aliphatic carbocycles. The first-order valence-electron chi connectivity index (χ1n) is 4.83. The van der Waals surface area contributed by atoms with Crippen LogP contribution in [0.3, 0.4) is 0 Å². The van der Waals surface area contributed by atoms with Crippen LogP contribution in [0.4, 0.5) is 5.69 Å². The molecular formula is C12H12ClNO. The van der Waals surface area contributed by atoms with Gasteiger partial charge in [-0.25, -0.2) is 0 Å². The predicted molar refractivity (Wildman–Crippen MR) is 64.8 cm³/mol. The molecule has 3 heteroatoms. The molecule has 0 bridgehead atoms. The van der Waals surface area contributed by atoms with Gasteiger partial charge < -0.3 is 10.4 Å². The zero-order valence-corrected chi connectivity index (χ0v) is 8.96. The van der Waals surface area contributed by atoms with Crippen LogP contribution in [0.15, 0.2) is 36.4 Å². The van der Waals surface area contributed by atoms with E-state index in [0.717, 1.165) is 23.0 Å². The van der Waals surface area contributed by atoms with Crippen molar-refractivity contribution in [2.75, 3.05) is 17.7 Å². The Balaban J connectivity index is 2.51. The third kappa shape index (κ3) is 2.00. The van der Waals surface area contributed by atoms with Crippen LogP contribution in [0.2, 0.25) is 0 Å². The first-order valence-corrected chi connectivity index (χ1v) is 5.37. The molecule has 2 aromatic carbocycles. The number of phenols is 1. The van der Waals surface area contributed by atoms with Crippen molar-refractivity contribution in [3.05, 3.63) is 36.4 Å². The SMILES string of the molecule is Oc1cccc2c(NCCCl)cccc12. The van der Waals surface area contributed by atoms with Gasteiger partial charge in [-0.1, -0.05) is 24.3 Å². The highest BCUT2D eigenvalue weighted by molar-refractivity contribution is 6.18. The van der Waals surface area contributed by atoms with E-state index in [1.54, 1.807) is 6.07 Å². The quantitative estimate of drug-likeness (QED) is 0.781. The topological polar surface area (TPSA) is 32.3 Å². The molecule has 0 saturated heterocycles. The number of alkyl halides is 1. The molecule has 15 heavy (non-hydrogen) atoms. The van der Waals surface area contributed by atoms with Crippen molar-refractivity contribution in [3.8, 4) is 5.75 Å². The van der Waals surface area contributed by atoms with Crippen LogP contribution in [0.1, 0.15) is 0 Å². The number of aromatic hydroxyl groups is 1. The second-order valence-corrected chi connectivity index (χ2v) is 3.67. The number of fused-ring (bicyclic) bond motifs is 1. The smallest absolute Gasteiger partial charge is 0.123 e. The van der Waals surface area contributed by atoms with Gasteiger partial charge in [0.25, 0.3) is 0 Å². The normalized spacial score (nSPS) is 10.5. The minimum absolute atomic E-state index is 0.307. The van der Waals surface area contributed by atoms with Crippen molar-refractivity contribution in [2.24, 2.45) is 0 Å². The Morgan fingerprint density at radius 1 is 1.07 bits per heavy atom. The van der Waals surface area contributed by atoms with Crippen molar-refractivity contribution in [3.63, 3.8) is 0 Å². The Morgan fingerprint density at radius 2 is 1.80 bits per heavy atom. The minimum Gasteiger partial charge on any atom is -0.507 e. The van der Waals surface area contributed by atoms with E-state index >= 15 is 0 Å². The Bertz CT molecular complexity index is 470. The molecular weight excluding hydrogens is 210 g/mol. The van der Waals surface area contributed by atoms with Gasteiger partial charge in [-0.05, 0) is 12.1 Å². The summed E-state index contributed by atoms with van der Waals surface area (Å²) < 4.78 is 0. The number of rotatable bonds is 3. The molecule has 2 aromatic rings. The number of benzene rings is 2. The summed E-state index contributed by atoms with van der Waals surface area (Å²) in [5.74, 6) is 0.872. The maximum Gasteiger partial charge on any atom is 0.123 e. The third-order valence-electron chi connectivity index (χ3n) is 2.31. The number of anilines is 1. The second-order valence-electron chi connectivity index (χ2n) is 3.29.